The number of carbonyl (C=O) groups is 1. The average molecular weight is 256 g/mol. The molecule has 1 N–H and O–H groups in total. The number of rotatable bonds is 4. The van der Waals surface area contributed by atoms with Crippen molar-refractivity contribution >= 4 is 6.47 Å². The minimum absolute atomic E-state index is 0.0712. The number of benzene rings is 1. The summed E-state index contributed by atoms with van der Waals surface area (Å²) in [6.07, 6.45) is 0. The number of hydrogen-bond acceptors (Lipinski definition) is 4. The van der Waals surface area contributed by atoms with Crippen molar-refractivity contribution in [1.82, 2.24) is 0 Å². The van der Waals surface area contributed by atoms with Crippen molar-refractivity contribution in [3.05, 3.63) is 29.3 Å². The summed E-state index contributed by atoms with van der Waals surface area (Å²) in [5, 5.41) is 8.90. The quantitative estimate of drug-likeness (QED) is 0.841. The topological polar surface area (TPSA) is 55.8 Å². The first-order chi connectivity index (χ1) is 8.67. The molecule has 0 aliphatic rings. The van der Waals surface area contributed by atoms with Crippen molar-refractivity contribution in [2.45, 2.75) is 34.3 Å². The molecule has 0 saturated carbocycles. The average Bonchev–Trinajstić information content (AvgIpc) is 2.41. The zero-order chi connectivity index (χ0) is 14.4. The van der Waals surface area contributed by atoms with E-state index in [9.17, 15) is 0 Å². The third kappa shape index (κ3) is 9.66. The summed E-state index contributed by atoms with van der Waals surface area (Å²) in [6, 6.07) is 5.77. The van der Waals surface area contributed by atoms with Gasteiger partial charge in [-0.1, -0.05) is 19.9 Å². The predicted molar refractivity (Wildman–Crippen MR) is 72.7 cm³/mol. The van der Waals surface area contributed by atoms with Crippen molar-refractivity contribution in [2.75, 3.05) is 13.7 Å². The van der Waals surface area contributed by atoms with E-state index in [1.807, 2.05) is 45.9 Å². The van der Waals surface area contributed by atoms with Gasteiger partial charge in [0.15, 0.2) is 0 Å². The summed E-state index contributed by atoms with van der Waals surface area (Å²) in [6.45, 7) is 9.04. The van der Waals surface area contributed by atoms with Gasteiger partial charge in [-0.25, -0.2) is 0 Å². The molecule has 0 bridgehead atoms. The Morgan fingerprint density at radius 1 is 1.28 bits per heavy atom. The van der Waals surface area contributed by atoms with Crippen LogP contribution in [0.1, 0.15) is 31.9 Å². The summed E-state index contributed by atoms with van der Waals surface area (Å²) in [4.78, 5) is 8.95. The first kappa shape index (κ1) is 18.8. The van der Waals surface area contributed by atoms with Crippen LogP contribution in [0.2, 0.25) is 0 Å². The van der Waals surface area contributed by atoms with Crippen LogP contribution in [-0.2, 0) is 16.1 Å². The molecule has 0 aliphatic carbocycles. The molecule has 104 valence electrons. The Morgan fingerprint density at radius 2 is 1.83 bits per heavy atom. The molecule has 0 heterocycles. The molecule has 0 radical (unpaired) electrons. The zero-order valence-electron chi connectivity index (χ0n) is 11.9. The number of aliphatic hydroxyl groups is 1. The number of ether oxygens (including phenoxy) is 2. The van der Waals surface area contributed by atoms with Crippen molar-refractivity contribution in [3.8, 4) is 5.75 Å². The van der Waals surface area contributed by atoms with Crippen molar-refractivity contribution in [2.24, 2.45) is 0 Å². The molecule has 1 aromatic rings. The van der Waals surface area contributed by atoms with E-state index in [0.717, 1.165) is 16.9 Å². The maximum atomic E-state index is 8.95. The molecule has 1 rings (SSSR count). The minimum atomic E-state index is 0.0712. The fourth-order valence-electron chi connectivity index (χ4n) is 1.17. The number of hydrogen-bond donors (Lipinski definition) is 1. The van der Waals surface area contributed by atoms with Crippen LogP contribution in [0, 0.1) is 6.92 Å². The van der Waals surface area contributed by atoms with E-state index in [1.54, 1.807) is 0 Å². The highest BCUT2D eigenvalue weighted by atomic mass is 16.5. The Hall–Kier alpha value is -1.55. The van der Waals surface area contributed by atoms with Gasteiger partial charge >= 0.3 is 0 Å². The lowest BCUT2D eigenvalue weighted by molar-refractivity contribution is -0.126. The fraction of sp³-hybridized carbons (Fsp3) is 0.500. The number of aryl methyl sites for hydroxylation is 1. The largest absolute Gasteiger partial charge is 0.494 e. The van der Waals surface area contributed by atoms with Crippen molar-refractivity contribution in [1.29, 1.82) is 0 Å². The van der Waals surface area contributed by atoms with Gasteiger partial charge in [0, 0.05) is 0 Å². The van der Waals surface area contributed by atoms with Crippen LogP contribution >= 0.6 is 0 Å². The lowest BCUT2D eigenvalue weighted by Gasteiger charge is -2.05. The summed E-state index contributed by atoms with van der Waals surface area (Å²) in [5.41, 5.74) is 2.02. The second-order valence-corrected chi connectivity index (χ2v) is 3.08. The molecule has 0 atom stereocenters. The molecule has 0 fully saturated rings. The lowest BCUT2D eigenvalue weighted by Crippen LogP contribution is -1.93. The van der Waals surface area contributed by atoms with Crippen LogP contribution in [0.5, 0.6) is 5.75 Å². The second kappa shape index (κ2) is 13.5. The zero-order valence-corrected chi connectivity index (χ0v) is 11.9. The van der Waals surface area contributed by atoms with E-state index in [-0.39, 0.29) is 6.61 Å². The van der Waals surface area contributed by atoms with Gasteiger partial charge in [-0.3, -0.25) is 4.79 Å². The van der Waals surface area contributed by atoms with Crippen LogP contribution in [0.15, 0.2) is 18.2 Å². The molecule has 4 nitrogen and oxygen atoms in total. The van der Waals surface area contributed by atoms with Crippen molar-refractivity contribution < 1.29 is 19.4 Å². The highest BCUT2D eigenvalue weighted by Crippen LogP contribution is 2.16. The molecule has 0 aromatic heterocycles. The molecule has 0 unspecified atom stereocenters. The molecule has 0 amide bonds. The number of carbonyl (C=O) groups excluding carboxylic acids is 1. The van der Waals surface area contributed by atoms with E-state index in [2.05, 4.69) is 4.74 Å². The van der Waals surface area contributed by atoms with Crippen LogP contribution in [0.25, 0.3) is 0 Å². The van der Waals surface area contributed by atoms with Crippen LogP contribution in [0.4, 0.5) is 0 Å². The van der Waals surface area contributed by atoms with Crippen molar-refractivity contribution in [3.63, 3.8) is 0 Å². The highest BCUT2D eigenvalue weighted by molar-refractivity contribution is 5.36. The maximum Gasteiger partial charge on any atom is 0.292 e. The van der Waals surface area contributed by atoms with Gasteiger partial charge in [0.25, 0.3) is 6.47 Å². The Bertz CT molecular complexity index is 311. The Labute approximate surface area is 110 Å². The molecular weight excluding hydrogens is 232 g/mol. The monoisotopic (exact) mass is 256 g/mol. The van der Waals surface area contributed by atoms with Gasteiger partial charge in [0.05, 0.1) is 20.3 Å². The van der Waals surface area contributed by atoms with Crippen LogP contribution in [0.3, 0.4) is 0 Å². The summed E-state index contributed by atoms with van der Waals surface area (Å²) >= 11 is 0. The second-order valence-electron chi connectivity index (χ2n) is 3.08. The molecule has 0 spiro atoms. The van der Waals surface area contributed by atoms with Gasteiger partial charge in [0.1, 0.15) is 5.75 Å². The van der Waals surface area contributed by atoms with Gasteiger partial charge in [-0.15, -0.1) is 0 Å². The predicted octanol–water partition coefficient (Wildman–Crippen LogP) is 2.70. The number of aliphatic hydroxyl groups excluding tert-OH is 1. The summed E-state index contributed by atoms with van der Waals surface area (Å²) in [5.74, 6) is 0.835. The third-order valence-electron chi connectivity index (χ3n) is 1.70. The number of methoxy groups -OCH3 is 1. The van der Waals surface area contributed by atoms with E-state index in [0.29, 0.717) is 13.1 Å². The first-order valence-electron chi connectivity index (χ1n) is 5.98. The summed E-state index contributed by atoms with van der Waals surface area (Å²) in [7, 11) is 1.31. The SMILES string of the molecule is CC.CCOc1cc(C)cc(CO)c1.COC=O. The van der Waals surface area contributed by atoms with Crippen LogP contribution in [-0.4, -0.2) is 25.3 Å². The molecular formula is C14H24O4. The third-order valence-corrected chi connectivity index (χ3v) is 1.70. The standard InChI is InChI=1S/C10H14O2.C2H4O2.C2H6/c1-3-12-10-5-8(2)4-9(6-10)7-11;1-4-2-3;1-2/h4-6,11H,3,7H2,1-2H3;2H,1H3;1-2H3. The summed E-state index contributed by atoms with van der Waals surface area (Å²) < 4.78 is 9.18. The first-order valence-corrected chi connectivity index (χ1v) is 5.98. The Balaban J connectivity index is 0. The van der Waals surface area contributed by atoms with Gasteiger partial charge in [0.2, 0.25) is 0 Å². The van der Waals surface area contributed by atoms with Gasteiger partial charge in [-0.2, -0.15) is 0 Å². The van der Waals surface area contributed by atoms with E-state index < -0.39 is 0 Å². The van der Waals surface area contributed by atoms with Crippen LogP contribution < -0.4 is 4.74 Å². The fourth-order valence-corrected chi connectivity index (χ4v) is 1.17. The lowest BCUT2D eigenvalue weighted by atomic mass is 10.1. The van der Waals surface area contributed by atoms with Gasteiger partial charge < -0.3 is 14.6 Å². The smallest absolute Gasteiger partial charge is 0.292 e. The molecule has 4 heteroatoms. The normalized spacial score (nSPS) is 8.11. The molecule has 0 saturated heterocycles. The highest BCUT2D eigenvalue weighted by Gasteiger charge is 1.97. The van der Waals surface area contributed by atoms with Gasteiger partial charge in [-0.05, 0) is 37.1 Å². The molecule has 0 aliphatic heterocycles. The minimum Gasteiger partial charge on any atom is -0.494 e. The Morgan fingerprint density at radius 3 is 2.22 bits per heavy atom. The van der Waals surface area contributed by atoms with E-state index in [4.69, 9.17) is 14.6 Å². The molecule has 1 aromatic carbocycles. The maximum absolute atomic E-state index is 8.95. The Kier molecular flexibility index (Phi) is 14.1. The molecule has 18 heavy (non-hydrogen) atoms. The van der Waals surface area contributed by atoms with E-state index >= 15 is 0 Å². The van der Waals surface area contributed by atoms with E-state index in [1.165, 1.54) is 7.11 Å².